The Kier molecular flexibility index (Phi) is 8.28. The summed E-state index contributed by atoms with van der Waals surface area (Å²) in [6.45, 7) is 4.71. The Morgan fingerprint density at radius 3 is 2.75 bits per heavy atom. The first-order valence-electron chi connectivity index (χ1n) is 7.54. The third kappa shape index (κ3) is 7.10. The van der Waals surface area contributed by atoms with Gasteiger partial charge in [-0.15, -0.1) is 0 Å². The fourth-order valence-electron chi connectivity index (χ4n) is 1.66. The van der Waals surface area contributed by atoms with Crippen LogP contribution in [0.1, 0.15) is 25.8 Å². The second-order valence-electron chi connectivity index (χ2n) is 5.16. The Balaban J connectivity index is 2.35. The molecule has 2 amide bonds. The van der Waals surface area contributed by atoms with Crippen molar-refractivity contribution in [3.8, 4) is 11.5 Å². The van der Waals surface area contributed by atoms with Crippen molar-refractivity contribution in [1.82, 2.24) is 10.7 Å². The van der Waals surface area contributed by atoms with Crippen LogP contribution in [0.2, 0.25) is 0 Å². The number of phenols is 1. The first-order valence-corrected chi connectivity index (χ1v) is 7.54. The highest BCUT2D eigenvalue weighted by Crippen LogP contribution is 2.25. The third-order valence-corrected chi connectivity index (χ3v) is 2.85. The Bertz CT molecular complexity index is 587. The van der Waals surface area contributed by atoms with E-state index in [2.05, 4.69) is 15.8 Å². The van der Waals surface area contributed by atoms with Crippen molar-refractivity contribution in [2.24, 2.45) is 5.10 Å². The summed E-state index contributed by atoms with van der Waals surface area (Å²) >= 11 is 0. The Hall–Kier alpha value is -2.61. The van der Waals surface area contributed by atoms with E-state index in [1.165, 1.54) is 19.4 Å². The second-order valence-corrected chi connectivity index (χ2v) is 5.16. The van der Waals surface area contributed by atoms with Crippen LogP contribution in [0.15, 0.2) is 23.3 Å². The number of hydrazone groups is 1. The molecule has 0 heterocycles. The van der Waals surface area contributed by atoms with Gasteiger partial charge in [-0.3, -0.25) is 9.59 Å². The molecule has 1 aromatic carbocycles. The summed E-state index contributed by atoms with van der Waals surface area (Å²) in [5.74, 6) is -1.34. The average molecular weight is 337 g/mol. The van der Waals surface area contributed by atoms with E-state index < -0.39 is 11.8 Å². The zero-order valence-corrected chi connectivity index (χ0v) is 14.0. The van der Waals surface area contributed by atoms with Crippen molar-refractivity contribution >= 4 is 18.0 Å². The third-order valence-electron chi connectivity index (χ3n) is 2.85. The maximum Gasteiger partial charge on any atom is 0.329 e. The molecular formula is C16H23N3O5. The molecule has 1 rings (SSSR count). The minimum atomic E-state index is -0.859. The lowest BCUT2D eigenvalue weighted by Crippen LogP contribution is -2.38. The van der Waals surface area contributed by atoms with E-state index in [4.69, 9.17) is 9.47 Å². The number of aromatic hydroxyl groups is 1. The number of carbonyl (C=O) groups excluding carboxylic acids is 2. The van der Waals surface area contributed by atoms with Gasteiger partial charge in [0.1, 0.15) is 0 Å². The summed E-state index contributed by atoms with van der Waals surface area (Å²) in [5, 5.41) is 15.6. The van der Waals surface area contributed by atoms with Crippen LogP contribution >= 0.6 is 0 Å². The highest BCUT2D eigenvalue weighted by Gasteiger charge is 2.11. The van der Waals surface area contributed by atoms with Crippen molar-refractivity contribution in [2.45, 2.75) is 26.4 Å². The van der Waals surface area contributed by atoms with Gasteiger partial charge in [-0.2, -0.15) is 5.10 Å². The van der Waals surface area contributed by atoms with Crippen molar-refractivity contribution < 1.29 is 24.2 Å². The molecule has 0 aromatic heterocycles. The number of nitrogens with zero attached hydrogens (tertiary/aromatic N) is 1. The van der Waals surface area contributed by atoms with E-state index in [0.29, 0.717) is 25.1 Å². The SMILES string of the molecule is COc1cc(/C=N\NC(=O)C(=O)NCCCOC(C)C)ccc1O. The largest absolute Gasteiger partial charge is 0.504 e. The van der Waals surface area contributed by atoms with Gasteiger partial charge in [-0.1, -0.05) is 0 Å². The number of hydrogen-bond donors (Lipinski definition) is 3. The number of nitrogens with one attached hydrogen (secondary N) is 2. The second kappa shape index (κ2) is 10.2. The first kappa shape index (κ1) is 19.4. The van der Waals surface area contributed by atoms with Gasteiger partial charge in [0.2, 0.25) is 0 Å². The molecule has 0 atom stereocenters. The predicted molar refractivity (Wildman–Crippen MR) is 89.1 cm³/mol. The van der Waals surface area contributed by atoms with Crippen LogP contribution in [-0.2, 0) is 14.3 Å². The lowest BCUT2D eigenvalue weighted by atomic mass is 10.2. The smallest absolute Gasteiger partial charge is 0.329 e. The molecule has 1 aromatic rings. The van der Waals surface area contributed by atoms with Crippen LogP contribution in [0.5, 0.6) is 11.5 Å². The van der Waals surface area contributed by atoms with E-state index in [1.807, 2.05) is 13.8 Å². The Morgan fingerprint density at radius 2 is 2.08 bits per heavy atom. The zero-order valence-electron chi connectivity index (χ0n) is 14.0. The number of rotatable bonds is 8. The molecule has 132 valence electrons. The maximum atomic E-state index is 11.5. The summed E-state index contributed by atoms with van der Waals surface area (Å²) < 4.78 is 10.3. The van der Waals surface area contributed by atoms with Gasteiger partial charge in [0, 0.05) is 13.2 Å². The summed E-state index contributed by atoms with van der Waals surface area (Å²) in [6.07, 6.45) is 2.09. The van der Waals surface area contributed by atoms with Crippen LogP contribution in [0.3, 0.4) is 0 Å². The highest BCUT2D eigenvalue weighted by atomic mass is 16.5. The minimum absolute atomic E-state index is 0.000454. The van der Waals surface area contributed by atoms with Crippen LogP contribution < -0.4 is 15.5 Å². The first-order chi connectivity index (χ1) is 11.4. The molecule has 0 saturated heterocycles. The molecule has 0 spiro atoms. The van der Waals surface area contributed by atoms with Crippen LogP contribution in [0.4, 0.5) is 0 Å². The molecule has 0 aliphatic carbocycles. The molecule has 0 fully saturated rings. The Morgan fingerprint density at radius 1 is 1.33 bits per heavy atom. The van der Waals surface area contributed by atoms with Gasteiger partial charge in [-0.05, 0) is 44.0 Å². The number of methoxy groups -OCH3 is 1. The normalized spacial score (nSPS) is 10.8. The molecule has 0 unspecified atom stereocenters. The van der Waals surface area contributed by atoms with Gasteiger partial charge >= 0.3 is 11.8 Å². The predicted octanol–water partition coefficient (Wildman–Crippen LogP) is 0.782. The van der Waals surface area contributed by atoms with E-state index in [0.717, 1.165) is 0 Å². The summed E-state index contributed by atoms with van der Waals surface area (Å²) in [4.78, 5) is 23.1. The molecule has 0 aliphatic rings. The van der Waals surface area contributed by atoms with Gasteiger partial charge in [0.25, 0.3) is 0 Å². The molecular weight excluding hydrogens is 314 g/mol. The van der Waals surface area contributed by atoms with Crippen LogP contribution in [0, 0.1) is 0 Å². The number of phenolic OH excluding ortho intramolecular Hbond substituents is 1. The molecule has 8 nitrogen and oxygen atoms in total. The molecule has 24 heavy (non-hydrogen) atoms. The number of ether oxygens (including phenoxy) is 2. The molecule has 0 saturated carbocycles. The molecule has 3 N–H and O–H groups in total. The Labute approximate surface area is 140 Å². The zero-order chi connectivity index (χ0) is 17.9. The fourth-order valence-corrected chi connectivity index (χ4v) is 1.66. The van der Waals surface area contributed by atoms with Crippen molar-refractivity contribution in [1.29, 1.82) is 0 Å². The fraction of sp³-hybridized carbons (Fsp3) is 0.438. The highest BCUT2D eigenvalue weighted by molar-refractivity contribution is 6.35. The number of amides is 2. The van der Waals surface area contributed by atoms with Crippen LogP contribution in [-0.4, -0.2) is 49.5 Å². The maximum absolute atomic E-state index is 11.5. The van der Waals surface area contributed by atoms with E-state index in [1.54, 1.807) is 12.1 Å². The number of hydrogen-bond acceptors (Lipinski definition) is 6. The van der Waals surface area contributed by atoms with Crippen molar-refractivity contribution in [3.05, 3.63) is 23.8 Å². The average Bonchev–Trinajstić information content (AvgIpc) is 2.55. The van der Waals surface area contributed by atoms with Gasteiger partial charge in [-0.25, -0.2) is 5.43 Å². The number of carbonyl (C=O) groups is 2. The monoisotopic (exact) mass is 337 g/mol. The molecule has 8 heteroatoms. The summed E-state index contributed by atoms with van der Waals surface area (Å²) in [7, 11) is 1.42. The molecule has 0 aliphatic heterocycles. The van der Waals surface area contributed by atoms with Crippen molar-refractivity contribution in [2.75, 3.05) is 20.3 Å². The summed E-state index contributed by atoms with van der Waals surface area (Å²) in [5.41, 5.74) is 2.72. The van der Waals surface area contributed by atoms with Gasteiger partial charge in [0.05, 0.1) is 19.4 Å². The lowest BCUT2D eigenvalue weighted by molar-refractivity contribution is -0.139. The topological polar surface area (TPSA) is 109 Å². The standard InChI is InChI=1S/C16H23N3O5/c1-11(2)24-8-4-7-17-15(21)16(22)19-18-10-12-5-6-13(20)14(9-12)23-3/h5-6,9-11,20H,4,7-8H2,1-3H3,(H,17,21)(H,19,22)/b18-10-. The minimum Gasteiger partial charge on any atom is -0.504 e. The summed E-state index contributed by atoms with van der Waals surface area (Å²) in [6, 6.07) is 4.57. The molecule has 0 radical (unpaired) electrons. The lowest BCUT2D eigenvalue weighted by Gasteiger charge is -2.07. The van der Waals surface area contributed by atoms with E-state index in [-0.39, 0.29) is 17.6 Å². The van der Waals surface area contributed by atoms with Crippen molar-refractivity contribution in [3.63, 3.8) is 0 Å². The van der Waals surface area contributed by atoms with Gasteiger partial charge in [0.15, 0.2) is 11.5 Å². The molecule has 0 bridgehead atoms. The van der Waals surface area contributed by atoms with E-state index >= 15 is 0 Å². The van der Waals surface area contributed by atoms with E-state index in [9.17, 15) is 14.7 Å². The van der Waals surface area contributed by atoms with Crippen LogP contribution in [0.25, 0.3) is 0 Å². The van der Waals surface area contributed by atoms with Gasteiger partial charge < -0.3 is 19.9 Å². The number of benzene rings is 1. The quantitative estimate of drug-likeness (QED) is 0.281.